The van der Waals surface area contributed by atoms with Crippen molar-refractivity contribution in [3.05, 3.63) is 70.6 Å². The number of anilines is 1. The van der Waals surface area contributed by atoms with E-state index >= 15 is 0 Å². The third kappa shape index (κ3) is 5.36. The van der Waals surface area contributed by atoms with E-state index in [-0.39, 0.29) is 28.0 Å². The van der Waals surface area contributed by atoms with Gasteiger partial charge >= 0.3 is 11.6 Å². The fourth-order valence-electron chi connectivity index (χ4n) is 2.97. The highest BCUT2D eigenvalue weighted by molar-refractivity contribution is 7.89. The van der Waals surface area contributed by atoms with Gasteiger partial charge in [-0.3, -0.25) is 9.59 Å². The van der Waals surface area contributed by atoms with Gasteiger partial charge in [0.2, 0.25) is 15.9 Å². The summed E-state index contributed by atoms with van der Waals surface area (Å²) in [5.41, 5.74) is 0.0248. The zero-order chi connectivity index (χ0) is 22.6. The average Bonchev–Trinajstić information content (AvgIpc) is 2.73. The molecule has 0 bridgehead atoms. The minimum absolute atomic E-state index is 0.0991. The fraction of sp³-hybridized carbons (Fsp3) is 0.190. The summed E-state index contributed by atoms with van der Waals surface area (Å²) in [6, 6.07) is 12.9. The van der Waals surface area contributed by atoms with Crippen molar-refractivity contribution in [3.63, 3.8) is 0 Å². The lowest BCUT2D eigenvalue weighted by molar-refractivity contribution is -0.142. The molecule has 0 radical (unpaired) electrons. The smallest absolute Gasteiger partial charge is 0.360 e. The summed E-state index contributed by atoms with van der Waals surface area (Å²) in [4.78, 5) is 35.2. The molecule has 2 N–H and O–H groups in total. The van der Waals surface area contributed by atoms with Crippen LogP contribution in [-0.4, -0.2) is 33.4 Å². The van der Waals surface area contributed by atoms with Crippen LogP contribution in [0.1, 0.15) is 12.5 Å². The molecule has 1 amide bonds. The van der Waals surface area contributed by atoms with Gasteiger partial charge in [0.1, 0.15) is 17.3 Å². The van der Waals surface area contributed by atoms with E-state index in [1.807, 2.05) is 6.07 Å². The maximum Gasteiger partial charge on any atom is 0.360 e. The second kappa shape index (κ2) is 9.11. The van der Waals surface area contributed by atoms with E-state index in [0.29, 0.717) is 0 Å². The Morgan fingerprint density at radius 3 is 2.45 bits per heavy atom. The first kappa shape index (κ1) is 22.2. The molecule has 0 saturated carbocycles. The van der Waals surface area contributed by atoms with E-state index in [0.717, 1.165) is 5.56 Å². The number of methoxy groups -OCH3 is 1. The number of carbonyl (C=O) groups is 2. The maximum atomic E-state index is 12.9. The van der Waals surface area contributed by atoms with Crippen LogP contribution in [0.25, 0.3) is 11.0 Å². The van der Waals surface area contributed by atoms with Crippen LogP contribution < -0.4 is 15.7 Å². The van der Waals surface area contributed by atoms with Crippen molar-refractivity contribution in [3.8, 4) is 0 Å². The number of rotatable bonds is 7. The van der Waals surface area contributed by atoms with Crippen molar-refractivity contribution in [2.24, 2.45) is 0 Å². The quantitative estimate of drug-likeness (QED) is 0.420. The van der Waals surface area contributed by atoms with Crippen molar-refractivity contribution in [2.45, 2.75) is 24.3 Å². The molecule has 0 spiro atoms. The number of hydrogen-bond acceptors (Lipinski definition) is 7. The molecular weight excluding hydrogens is 424 g/mol. The number of amides is 1. The Bertz CT molecular complexity index is 1280. The van der Waals surface area contributed by atoms with Crippen LogP contribution >= 0.6 is 0 Å². The molecule has 10 heteroatoms. The predicted molar refractivity (Wildman–Crippen MR) is 113 cm³/mol. The first-order valence-electron chi connectivity index (χ1n) is 9.19. The summed E-state index contributed by atoms with van der Waals surface area (Å²) in [5, 5.41) is 2.62. The number of ether oxygens (including phenoxy) is 1. The first-order chi connectivity index (χ1) is 14.7. The zero-order valence-electron chi connectivity index (χ0n) is 16.7. The zero-order valence-corrected chi connectivity index (χ0v) is 17.6. The maximum absolute atomic E-state index is 12.9. The van der Waals surface area contributed by atoms with Gasteiger partial charge < -0.3 is 14.5 Å². The summed E-state index contributed by atoms with van der Waals surface area (Å²) >= 11 is 0. The largest absolute Gasteiger partial charge is 0.468 e. The Labute approximate surface area is 178 Å². The highest BCUT2D eigenvalue weighted by atomic mass is 32.2. The van der Waals surface area contributed by atoms with Crippen molar-refractivity contribution in [1.29, 1.82) is 0 Å². The Morgan fingerprint density at radius 2 is 1.81 bits per heavy atom. The van der Waals surface area contributed by atoms with Crippen LogP contribution in [0.4, 0.5) is 5.69 Å². The standard InChI is InChI=1S/C21H20N2O7S/c1-13(24)22-17-12-15-11-16(8-9-19(15)30-21(17)26)31(27,28)23-18(20(25)29-2)10-14-6-4-3-5-7-14/h3-9,11-12,18,23H,10H2,1-2H3,(H,22,24)/t18-/m0/s1. The molecule has 1 aromatic heterocycles. The summed E-state index contributed by atoms with van der Waals surface area (Å²) in [6.45, 7) is 1.23. The lowest BCUT2D eigenvalue weighted by Crippen LogP contribution is -2.42. The summed E-state index contributed by atoms with van der Waals surface area (Å²) in [6.07, 6.45) is 0.0991. The SMILES string of the molecule is COC(=O)[C@H](Cc1ccccc1)NS(=O)(=O)c1ccc2oc(=O)c(NC(C)=O)cc2c1. The first-order valence-corrected chi connectivity index (χ1v) is 10.7. The Balaban J connectivity index is 1.94. The lowest BCUT2D eigenvalue weighted by atomic mass is 10.1. The molecular formula is C21H20N2O7S. The molecule has 162 valence electrons. The molecule has 0 saturated heterocycles. The van der Waals surface area contributed by atoms with Gasteiger partial charge in [0.05, 0.1) is 12.0 Å². The Morgan fingerprint density at radius 1 is 1.10 bits per heavy atom. The summed E-state index contributed by atoms with van der Waals surface area (Å²) in [7, 11) is -2.95. The number of esters is 1. The molecule has 3 aromatic rings. The van der Waals surface area contributed by atoms with Gasteiger partial charge in [-0.25, -0.2) is 13.2 Å². The third-order valence-electron chi connectivity index (χ3n) is 4.39. The second-order valence-corrected chi connectivity index (χ2v) is 8.43. The Hall–Kier alpha value is -3.50. The van der Waals surface area contributed by atoms with E-state index in [1.54, 1.807) is 24.3 Å². The van der Waals surface area contributed by atoms with Crippen LogP contribution in [0.15, 0.2) is 68.7 Å². The molecule has 2 aromatic carbocycles. The number of hydrogen-bond donors (Lipinski definition) is 2. The summed E-state index contributed by atoms with van der Waals surface area (Å²) in [5.74, 6) is -1.20. The number of fused-ring (bicyclic) bond motifs is 1. The fourth-order valence-corrected chi connectivity index (χ4v) is 4.19. The lowest BCUT2D eigenvalue weighted by Gasteiger charge is -2.17. The van der Waals surface area contributed by atoms with E-state index in [9.17, 15) is 22.8 Å². The molecule has 9 nitrogen and oxygen atoms in total. The molecule has 1 atom stereocenters. The highest BCUT2D eigenvalue weighted by Gasteiger charge is 2.27. The second-order valence-electron chi connectivity index (χ2n) is 6.72. The molecule has 0 fully saturated rings. The van der Waals surface area contributed by atoms with Crippen molar-refractivity contribution >= 4 is 38.6 Å². The number of carbonyl (C=O) groups excluding carboxylic acids is 2. The van der Waals surface area contributed by atoms with Crippen molar-refractivity contribution in [2.75, 3.05) is 12.4 Å². The third-order valence-corrected chi connectivity index (χ3v) is 5.86. The number of sulfonamides is 1. The summed E-state index contributed by atoms with van der Waals surface area (Å²) < 4.78 is 38.1. The van der Waals surface area contributed by atoms with Crippen LogP contribution in [0, 0.1) is 0 Å². The van der Waals surface area contributed by atoms with Crippen molar-refractivity contribution < 1.29 is 27.2 Å². The molecule has 31 heavy (non-hydrogen) atoms. The van der Waals surface area contributed by atoms with Gasteiger partial charge in [-0.2, -0.15) is 4.72 Å². The Kier molecular flexibility index (Phi) is 6.52. The molecule has 0 aliphatic heterocycles. The minimum atomic E-state index is -4.13. The van der Waals surface area contributed by atoms with E-state index < -0.39 is 33.6 Å². The van der Waals surface area contributed by atoms with Crippen LogP contribution in [-0.2, 0) is 30.8 Å². The van der Waals surface area contributed by atoms with E-state index in [2.05, 4.69) is 10.0 Å². The van der Waals surface area contributed by atoms with Gasteiger partial charge in [-0.1, -0.05) is 30.3 Å². The van der Waals surface area contributed by atoms with Crippen molar-refractivity contribution in [1.82, 2.24) is 4.72 Å². The van der Waals surface area contributed by atoms with E-state index in [4.69, 9.17) is 9.15 Å². The van der Waals surface area contributed by atoms with Gasteiger partial charge in [-0.05, 0) is 36.2 Å². The van der Waals surface area contributed by atoms with E-state index in [1.165, 1.54) is 38.3 Å². The number of benzene rings is 2. The monoisotopic (exact) mass is 444 g/mol. The van der Waals surface area contributed by atoms with Crippen LogP contribution in [0.3, 0.4) is 0 Å². The molecule has 0 aliphatic carbocycles. The molecule has 0 unspecified atom stereocenters. The average molecular weight is 444 g/mol. The minimum Gasteiger partial charge on any atom is -0.468 e. The van der Waals surface area contributed by atoms with Gasteiger partial charge in [0, 0.05) is 12.3 Å². The van der Waals surface area contributed by atoms with Gasteiger partial charge in [-0.15, -0.1) is 0 Å². The van der Waals surface area contributed by atoms with Crippen LogP contribution in [0.2, 0.25) is 0 Å². The normalized spacial score (nSPS) is 12.3. The predicted octanol–water partition coefficient (Wildman–Crippen LogP) is 1.81. The van der Waals surface area contributed by atoms with Gasteiger partial charge in [0.25, 0.3) is 0 Å². The number of nitrogens with one attached hydrogen (secondary N) is 2. The molecule has 1 heterocycles. The topological polar surface area (TPSA) is 132 Å². The molecule has 3 rings (SSSR count). The van der Waals surface area contributed by atoms with Crippen LogP contribution in [0.5, 0.6) is 0 Å². The highest BCUT2D eigenvalue weighted by Crippen LogP contribution is 2.21. The molecule has 0 aliphatic rings. The van der Waals surface area contributed by atoms with Gasteiger partial charge in [0.15, 0.2) is 0 Å².